The van der Waals surface area contributed by atoms with Gasteiger partial charge in [-0.3, -0.25) is 14.4 Å². The molecule has 27 heavy (non-hydrogen) atoms. The van der Waals surface area contributed by atoms with Crippen LogP contribution in [0.5, 0.6) is 0 Å². The summed E-state index contributed by atoms with van der Waals surface area (Å²) in [6.07, 6.45) is 0. The molecule has 2 rings (SSSR count). The lowest BCUT2D eigenvalue weighted by Gasteiger charge is -2.18. The first-order chi connectivity index (χ1) is 12.9. The molecule has 0 fully saturated rings. The zero-order valence-electron chi connectivity index (χ0n) is 15.9. The summed E-state index contributed by atoms with van der Waals surface area (Å²) in [6, 6.07) is 10.9. The van der Waals surface area contributed by atoms with Crippen LogP contribution in [0.1, 0.15) is 51.2 Å². The molecule has 0 atom stereocenters. The summed E-state index contributed by atoms with van der Waals surface area (Å²) < 4.78 is 0. The molecule has 1 heterocycles. The highest BCUT2D eigenvalue weighted by molar-refractivity contribution is 7.14. The maximum Gasteiger partial charge on any atom is 0.261 e. The predicted molar refractivity (Wildman–Crippen MR) is 107 cm³/mol. The number of carbonyl (C=O) groups is 3. The second kappa shape index (κ2) is 9.87. The highest BCUT2D eigenvalue weighted by Crippen LogP contribution is 2.16. The minimum atomic E-state index is -0.155. The second-order valence-corrected chi connectivity index (χ2v) is 7.20. The Kier molecular flexibility index (Phi) is 7.55. The van der Waals surface area contributed by atoms with Crippen molar-refractivity contribution in [2.75, 3.05) is 13.1 Å². The van der Waals surface area contributed by atoms with E-state index in [9.17, 15) is 14.4 Å². The minimum absolute atomic E-state index is 0.0147. The van der Waals surface area contributed by atoms with Gasteiger partial charge in [0.2, 0.25) is 5.91 Å². The fourth-order valence-corrected chi connectivity index (χ4v) is 3.40. The lowest BCUT2D eigenvalue weighted by atomic mass is 10.1. The van der Waals surface area contributed by atoms with Gasteiger partial charge in [0.25, 0.3) is 11.8 Å². The smallest absolute Gasteiger partial charge is 0.261 e. The molecule has 6 nitrogen and oxygen atoms in total. The average Bonchev–Trinajstić information content (AvgIpc) is 3.15. The Morgan fingerprint density at radius 2 is 1.59 bits per heavy atom. The molecule has 0 spiro atoms. The van der Waals surface area contributed by atoms with Gasteiger partial charge >= 0.3 is 0 Å². The van der Waals surface area contributed by atoms with Crippen molar-refractivity contribution in [2.24, 2.45) is 0 Å². The van der Waals surface area contributed by atoms with E-state index in [1.54, 1.807) is 23.1 Å². The molecule has 2 N–H and O–H groups in total. The Morgan fingerprint density at radius 3 is 2.19 bits per heavy atom. The van der Waals surface area contributed by atoms with Crippen molar-refractivity contribution in [1.29, 1.82) is 0 Å². The van der Waals surface area contributed by atoms with E-state index in [1.165, 1.54) is 18.3 Å². The zero-order chi connectivity index (χ0) is 19.8. The van der Waals surface area contributed by atoms with Crippen molar-refractivity contribution in [3.05, 3.63) is 57.3 Å². The highest BCUT2D eigenvalue weighted by atomic mass is 32.1. The first kappa shape index (κ1) is 20.6. The molecule has 0 aliphatic carbocycles. The van der Waals surface area contributed by atoms with Crippen molar-refractivity contribution in [3.63, 3.8) is 0 Å². The zero-order valence-corrected chi connectivity index (χ0v) is 16.7. The molecule has 1 aromatic heterocycles. The third-order valence-electron chi connectivity index (χ3n) is 4.10. The molecule has 0 aliphatic heterocycles. The largest absolute Gasteiger partial charge is 0.351 e. The van der Waals surface area contributed by atoms with Gasteiger partial charge in [-0.25, -0.2) is 0 Å². The summed E-state index contributed by atoms with van der Waals surface area (Å²) in [5, 5.41) is 5.59. The Morgan fingerprint density at radius 1 is 0.926 bits per heavy atom. The summed E-state index contributed by atoms with van der Waals surface area (Å²) in [5.41, 5.74) is 1.57. The summed E-state index contributed by atoms with van der Waals surface area (Å²) in [4.78, 5) is 38.8. The van der Waals surface area contributed by atoms with Crippen LogP contribution in [-0.4, -0.2) is 35.7 Å². The van der Waals surface area contributed by atoms with Gasteiger partial charge < -0.3 is 15.5 Å². The molecule has 0 aliphatic rings. The van der Waals surface area contributed by atoms with E-state index in [1.807, 2.05) is 32.0 Å². The first-order valence-electron chi connectivity index (χ1n) is 8.94. The van der Waals surface area contributed by atoms with E-state index >= 15 is 0 Å². The molecule has 3 amide bonds. The number of benzene rings is 1. The number of nitrogens with zero attached hydrogens (tertiary/aromatic N) is 1. The van der Waals surface area contributed by atoms with Crippen LogP contribution in [0.2, 0.25) is 0 Å². The number of hydrogen-bond acceptors (Lipinski definition) is 4. The van der Waals surface area contributed by atoms with Gasteiger partial charge in [-0.1, -0.05) is 12.1 Å². The van der Waals surface area contributed by atoms with E-state index < -0.39 is 0 Å². The van der Waals surface area contributed by atoms with Crippen molar-refractivity contribution in [2.45, 2.75) is 33.9 Å². The molecule has 7 heteroatoms. The molecule has 0 saturated carbocycles. The lowest BCUT2D eigenvalue weighted by molar-refractivity contribution is -0.119. The number of rotatable bonds is 8. The monoisotopic (exact) mass is 387 g/mol. The quantitative estimate of drug-likeness (QED) is 0.731. The Bertz CT molecular complexity index is 795. The van der Waals surface area contributed by atoms with Crippen LogP contribution in [0.15, 0.2) is 36.4 Å². The number of carbonyl (C=O) groups excluding carboxylic acids is 3. The number of amides is 3. The standard InChI is InChI=1S/C20H25N3O3S/c1-4-23(5-2)20(26)16-8-6-15(7-9-16)12-22-19(25)18-11-10-17(27-18)13-21-14(3)24/h6-11H,4-5,12-13H2,1-3H3,(H,21,24)(H,22,25). The van der Waals surface area contributed by atoms with Crippen LogP contribution in [0.25, 0.3) is 0 Å². The molecule has 144 valence electrons. The van der Waals surface area contributed by atoms with Crippen LogP contribution >= 0.6 is 11.3 Å². The third kappa shape index (κ3) is 5.92. The Labute approximate surface area is 163 Å². The van der Waals surface area contributed by atoms with Crippen molar-refractivity contribution >= 4 is 29.1 Å². The predicted octanol–water partition coefficient (Wildman–Crippen LogP) is 2.80. The van der Waals surface area contributed by atoms with Crippen LogP contribution in [0.3, 0.4) is 0 Å². The Hall–Kier alpha value is -2.67. The Balaban J connectivity index is 1.90. The van der Waals surface area contributed by atoms with Crippen LogP contribution in [0, 0.1) is 0 Å². The highest BCUT2D eigenvalue weighted by Gasteiger charge is 2.13. The van der Waals surface area contributed by atoms with Gasteiger partial charge in [0.05, 0.1) is 11.4 Å². The average molecular weight is 388 g/mol. The molecule has 2 aromatic rings. The van der Waals surface area contributed by atoms with E-state index in [0.717, 1.165) is 10.4 Å². The fourth-order valence-electron chi connectivity index (χ4n) is 2.53. The number of hydrogen-bond donors (Lipinski definition) is 2. The maximum absolute atomic E-state index is 12.3. The van der Waals surface area contributed by atoms with Gasteiger partial charge in [-0.15, -0.1) is 11.3 Å². The molecule has 1 aromatic carbocycles. The van der Waals surface area contributed by atoms with Gasteiger partial charge in [0, 0.05) is 37.0 Å². The molecule has 0 radical (unpaired) electrons. The van der Waals surface area contributed by atoms with E-state index in [0.29, 0.717) is 36.6 Å². The molecule has 0 saturated heterocycles. The van der Waals surface area contributed by atoms with E-state index in [4.69, 9.17) is 0 Å². The van der Waals surface area contributed by atoms with Gasteiger partial charge in [0.1, 0.15) is 0 Å². The van der Waals surface area contributed by atoms with E-state index in [-0.39, 0.29) is 17.7 Å². The van der Waals surface area contributed by atoms with Crippen LogP contribution < -0.4 is 10.6 Å². The molecular weight excluding hydrogens is 362 g/mol. The molecule has 0 bridgehead atoms. The normalized spacial score (nSPS) is 10.3. The number of nitrogens with one attached hydrogen (secondary N) is 2. The molecular formula is C20H25N3O3S. The topological polar surface area (TPSA) is 78.5 Å². The van der Waals surface area contributed by atoms with Gasteiger partial charge in [0.15, 0.2) is 0 Å². The summed E-state index contributed by atoms with van der Waals surface area (Å²) in [6.45, 7) is 7.54. The second-order valence-electron chi connectivity index (χ2n) is 6.03. The SMILES string of the molecule is CCN(CC)C(=O)c1ccc(CNC(=O)c2ccc(CNC(C)=O)s2)cc1. The van der Waals surface area contributed by atoms with Crippen LogP contribution in [-0.2, 0) is 17.9 Å². The van der Waals surface area contributed by atoms with Gasteiger partial charge in [-0.2, -0.15) is 0 Å². The fraction of sp³-hybridized carbons (Fsp3) is 0.350. The van der Waals surface area contributed by atoms with E-state index in [2.05, 4.69) is 10.6 Å². The van der Waals surface area contributed by atoms with Crippen molar-refractivity contribution in [1.82, 2.24) is 15.5 Å². The summed E-state index contributed by atoms with van der Waals surface area (Å²) in [7, 11) is 0. The maximum atomic E-state index is 12.3. The third-order valence-corrected chi connectivity index (χ3v) is 5.19. The lowest BCUT2D eigenvalue weighted by Crippen LogP contribution is -2.30. The van der Waals surface area contributed by atoms with Crippen molar-refractivity contribution in [3.8, 4) is 0 Å². The first-order valence-corrected chi connectivity index (χ1v) is 9.75. The minimum Gasteiger partial charge on any atom is -0.351 e. The van der Waals surface area contributed by atoms with Crippen molar-refractivity contribution < 1.29 is 14.4 Å². The van der Waals surface area contributed by atoms with Crippen LogP contribution in [0.4, 0.5) is 0 Å². The van der Waals surface area contributed by atoms with Gasteiger partial charge in [-0.05, 0) is 43.7 Å². The number of thiophene rings is 1. The summed E-state index contributed by atoms with van der Waals surface area (Å²) in [5.74, 6) is -0.240. The molecule has 0 unspecified atom stereocenters. The summed E-state index contributed by atoms with van der Waals surface area (Å²) >= 11 is 1.36.